The number of nitriles is 1. The molecule has 0 radical (unpaired) electrons. The smallest absolute Gasteiger partial charge is 0.297 e. The van der Waals surface area contributed by atoms with Gasteiger partial charge in [0.05, 0.1) is 0 Å². The second kappa shape index (κ2) is 3.11. The average molecular weight is 144 g/mol. The Bertz CT molecular complexity index is 290. The van der Waals surface area contributed by atoms with Crippen LogP contribution in [0.15, 0.2) is 24.3 Å². The lowest BCUT2D eigenvalue weighted by Crippen LogP contribution is -2.24. The van der Waals surface area contributed by atoms with E-state index in [4.69, 9.17) is 11.0 Å². The van der Waals surface area contributed by atoms with Gasteiger partial charge >= 0.3 is 0 Å². The molecule has 0 aliphatic heterocycles. The highest BCUT2D eigenvalue weighted by atomic mass is 14.5. The summed E-state index contributed by atoms with van der Waals surface area (Å²) in [5.74, 6) is 2.15. The number of nitrogens with two attached hydrogens (primary N) is 1. The van der Waals surface area contributed by atoms with Gasteiger partial charge in [-0.05, 0) is 12.1 Å². The van der Waals surface area contributed by atoms with Crippen LogP contribution in [0.4, 0.5) is 5.69 Å². The number of nitrogens with zero attached hydrogens (tertiary/aromatic N) is 1. The molecule has 2 N–H and O–H groups in total. The summed E-state index contributed by atoms with van der Waals surface area (Å²) in [6.07, 6.45) is 0. The van der Waals surface area contributed by atoms with Crippen molar-refractivity contribution in [3.05, 3.63) is 24.3 Å². The molecule has 0 amide bonds. The third-order valence-electron chi connectivity index (χ3n) is 1.60. The molecular weight excluding hydrogens is 135 g/mol. The molecule has 0 saturated heterocycles. The first-order valence-electron chi connectivity index (χ1n) is 3.49. The second-order valence-electron chi connectivity index (χ2n) is 2.52. The third kappa shape index (κ3) is 1.75. The topological polar surface area (TPSA) is 49.8 Å². The summed E-state index contributed by atoms with van der Waals surface area (Å²) in [5, 5.41) is 8.59. The van der Waals surface area contributed by atoms with Crippen molar-refractivity contribution in [3.8, 4) is 5.97 Å². The van der Waals surface area contributed by atoms with Crippen molar-refractivity contribution in [2.45, 2.75) is 6.82 Å². The highest BCUT2D eigenvalue weighted by Gasteiger charge is 2.07. The van der Waals surface area contributed by atoms with Crippen LogP contribution in [0.1, 0.15) is 0 Å². The molecule has 0 aliphatic rings. The number of rotatable bonds is 1. The summed E-state index contributed by atoms with van der Waals surface area (Å²) in [5.41, 5.74) is 7.23. The summed E-state index contributed by atoms with van der Waals surface area (Å²) in [7, 11) is 0. The summed E-state index contributed by atoms with van der Waals surface area (Å²) >= 11 is 0. The molecule has 0 unspecified atom stereocenters. The van der Waals surface area contributed by atoms with Gasteiger partial charge in [-0.15, -0.1) is 0 Å². The van der Waals surface area contributed by atoms with Gasteiger partial charge in [0.25, 0.3) is 6.71 Å². The third-order valence-corrected chi connectivity index (χ3v) is 1.60. The number of benzene rings is 1. The van der Waals surface area contributed by atoms with Gasteiger partial charge < -0.3 is 5.73 Å². The molecule has 0 spiro atoms. The van der Waals surface area contributed by atoms with Crippen LogP contribution in [0.5, 0.6) is 0 Å². The van der Waals surface area contributed by atoms with E-state index in [1.165, 1.54) is 0 Å². The van der Waals surface area contributed by atoms with E-state index in [0.717, 1.165) is 5.46 Å². The van der Waals surface area contributed by atoms with Gasteiger partial charge in [0, 0.05) is 11.7 Å². The van der Waals surface area contributed by atoms with Crippen LogP contribution in [0.3, 0.4) is 0 Å². The lowest BCUT2D eigenvalue weighted by Gasteiger charge is -1.99. The van der Waals surface area contributed by atoms with Gasteiger partial charge in [0.1, 0.15) is 0 Å². The first kappa shape index (κ1) is 7.68. The monoisotopic (exact) mass is 144 g/mol. The van der Waals surface area contributed by atoms with E-state index in [0.29, 0.717) is 5.69 Å². The predicted molar refractivity (Wildman–Crippen MR) is 47.7 cm³/mol. The summed E-state index contributed by atoms with van der Waals surface area (Å²) in [4.78, 5) is 0. The Morgan fingerprint density at radius 2 is 2.27 bits per heavy atom. The Balaban J connectivity index is 2.98. The molecule has 0 heterocycles. The number of hydrogen-bond acceptors (Lipinski definition) is 2. The maximum absolute atomic E-state index is 8.59. The summed E-state index contributed by atoms with van der Waals surface area (Å²) < 4.78 is 0. The van der Waals surface area contributed by atoms with Crippen LogP contribution in [0.25, 0.3) is 0 Å². The van der Waals surface area contributed by atoms with Gasteiger partial charge in [-0.1, -0.05) is 24.4 Å². The summed E-state index contributed by atoms with van der Waals surface area (Å²) in [6, 6.07) is 7.41. The molecule has 0 aliphatic carbocycles. The Labute approximate surface area is 66.7 Å². The van der Waals surface area contributed by atoms with Crippen LogP contribution >= 0.6 is 0 Å². The van der Waals surface area contributed by atoms with E-state index in [1.54, 1.807) is 0 Å². The molecule has 1 rings (SSSR count). The fourth-order valence-electron chi connectivity index (χ4n) is 0.903. The number of hydrogen-bond donors (Lipinski definition) is 1. The Hall–Kier alpha value is -1.43. The molecule has 1 aromatic rings. The van der Waals surface area contributed by atoms with Gasteiger partial charge in [-0.25, -0.2) is 5.26 Å². The number of nitrogen functional groups attached to an aromatic ring is 1. The van der Waals surface area contributed by atoms with E-state index in [1.807, 2.05) is 31.1 Å². The minimum Gasteiger partial charge on any atom is -0.399 e. The van der Waals surface area contributed by atoms with Crippen molar-refractivity contribution in [2.75, 3.05) is 5.73 Å². The molecule has 0 aromatic heterocycles. The van der Waals surface area contributed by atoms with Crippen LogP contribution in [-0.4, -0.2) is 6.71 Å². The molecule has 3 heteroatoms. The first-order chi connectivity index (χ1) is 5.24. The van der Waals surface area contributed by atoms with E-state index in [2.05, 4.69) is 5.97 Å². The molecule has 0 atom stereocenters. The van der Waals surface area contributed by atoms with E-state index in [9.17, 15) is 0 Å². The molecule has 11 heavy (non-hydrogen) atoms. The maximum Gasteiger partial charge on any atom is 0.297 e. The standard InChI is InChI=1S/C8H9BN2/c1-9(6-10)7-3-2-4-8(11)5-7/h2-5H,11H2,1H3. The summed E-state index contributed by atoms with van der Waals surface area (Å²) in [6.45, 7) is 1.79. The van der Waals surface area contributed by atoms with Crippen LogP contribution in [0.2, 0.25) is 6.82 Å². The highest BCUT2D eigenvalue weighted by Crippen LogP contribution is 1.97. The maximum atomic E-state index is 8.59. The van der Waals surface area contributed by atoms with E-state index in [-0.39, 0.29) is 6.71 Å². The van der Waals surface area contributed by atoms with E-state index < -0.39 is 0 Å². The van der Waals surface area contributed by atoms with E-state index >= 15 is 0 Å². The van der Waals surface area contributed by atoms with Crippen molar-refractivity contribution in [2.24, 2.45) is 0 Å². The minimum atomic E-state index is -0.0708. The quantitative estimate of drug-likeness (QED) is 0.465. The Morgan fingerprint density at radius 1 is 1.55 bits per heavy atom. The molecular formula is C8H9BN2. The zero-order valence-corrected chi connectivity index (χ0v) is 6.41. The van der Waals surface area contributed by atoms with Crippen LogP contribution < -0.4 is 11.2 Å². The van der Waals surface area contributed by atoms with Crippen molar-refractivity contribution < 1.29 is 0 Å². The Kier molecular flexibility index (Phi) is 2.17. The zero-order valence-electron chi connectivity index (χ0n) is 6.41. The van der Waals surface area contributed by atoms with Crippen LogP contribution in [0, 0.1) is 11.2 Å². The lowest BCUT2D eigenvalue weighted by atomic mass is 9.49. The molecule has 1 aromatic carbocycles. The minimum absolute atomic E-state index is 0.0708. The molecule has 2 nitrogen and oxygen atoms in total. The number of anilines is 1. The molecule has 0 bridgehead atoms. The van der Waals surface area contributed by atoms with Crippen molar-refractivity contribution in [3.63, 3.8) is 0 Å². The SMILES string of the molecule is CB(C#N)c1cccc(N)c1. The fraction of sp³-hybridized carbons (Fsp3) is 0.125. The van der Waals surface area contributed by atoms with Crippen molar-refractivity contribution in [1.82, 2.24) is 0 Å². The molecule has 0 fully saturated rings. The second-order valence-corrected chi connectivity index (χ2v) is 2.52. The van der Waals surface area contributed by atoms with Gasteiger partial charge in [-0.3, -0.25) is 0 Å². The normalized spacial score (nSPS) is 8.73. The van der Waals surface area contributed by atoms with Crippen molar-refractivity contribution >= 4 is 17.9 Å². The highest BCUT2D eigenvalue weighted by molar-refractivity contribution is 6.78. The van der Waals surface area contributed by atoms with Gasteiger partial charge in [-0.2, -0.15) is 0 Å². The van der Waals surface area contributed by atoms with Gasteiger partial charge in [0.15, 0.2) is 0 Å². The van der Waals surface area contributed by atoms with Crippen molar-refractivity contribution in [1.29, 1.82) is 5.26 Å². The van der Waals surface area contributed by atoms with Gasteiger partial charge in [0.2, 0.25) is 0 Å². The zero-order chi connectivity index (χ0) is 8.27. The molecule has 0 saturated carbocycles. The Morgan fingerprint density at radius 3 is 2.82 bits per heavy atom. The largest absolute Gasteiger partial charge is 0.399 e. The fourth-order valence-corrected chi connectivity index (χ4v) is 0.903. The predicted octanol–water partition coefficient (Wildman–Crippen LogP) is 0.663. The molecule has 54 valence electrons. The first-order valence-corrected chi connectivity index (χ1v) is 3.49. The lowest BCUT2D eigenvalue weighted by molar-refractivity contribution is 1.55. The average Bonchev–Trinajstić information content (AvgIpc) is 2.03. The van der Waals surface area contributed by atoms with Crippen LogP contribution in [-0.2, 0) is 0 Å².